The fraction of sp³-hybridized carbons (Fsp3) is 0.207. The molecule has 6 rings (SSSR count). The number of anilines is 3. The molecule has 1 saturated heterocycles. The Bertz CT molecular complexity index is 1810. The summed E-state index contributed by atoms with van der Waals surface area (Å²) in [6.07, 6.45) is -1.80. The first-order valence-electron chi connectivity index (χ1n) is 13.2. The maximum absolute atomic E-state index is 14.9. The average Bonchev–Trinajstić information content (AvgIpc) is 3.52. The summed E-state index contributed by atoms with van der Waals surface area (Å²) >= 11 is 0. The van der Waals surface area contributed by atoms with E-state index >= 15 is 0 Å². The predicted octanol–water partition coefficient (Wildman–Crippen LogP) is 5.38. The maximum atomic E-state index is 14.9. The summed E-state index contributed by atoms with van der Waals surface area (Å²) in [4.78, 5) is 24.3. The standard InChI is InChI=1S/C27H23F2N7O2.C2HF3O2/c1-37-23-9-3-17(14-22(23)29)24-21(28)8-2-18-15-30-26(33-25(18)24)32-19-4-6-20(7-5-19)36-16-31-27(34-36)35-10-12-38-13-11-35;3-2(4,5)1(6)7/h2-9,14-16H,10-13H2,1H3,(H,30,32,33);(H,6,7). The fourth-order valence-electron chi connectivity index (χ4n) is 4.34. The lowest BCUT2D eigenvalue weighted by molar-refractivity contribution is -0.192. The minimum absolute atomic E-state index is 0.0815. The first-order valence-corrected chi connectivity index (χ1v) is 13.2. The van der Waals surface area contributed by atoms with Crippen LogP contribution in [0.5, 0.6) is 5.75 Å². The van der Waals surface area contributed by atoms with E-state index in [1.807, 2.05) is 24.3 Å². The highest BCUT2D eigenvalue weighted by Gasteiger charge is 2.38. The second-order valence-corrected chi connectivity index (χ2v) is 9.47. The van der Waals surface area contributed by atoms with E-state index in [0.29, 0.717) is 35.6 Å². The van der Waals surface area contributed by atoms with Crippen LogP contribution in [0.3, 0.4) is 0 Å². The third-order valence-corrected chi connectivity index (χ3v) is 6.55. The molecule has 2 aromatic heterocycles. The number of nitrogens with one attached hydrogen (secondary N) is 1. The molecule has 11 nitrogen and oxygen atoms in total. The number of hydrogen-bond donors (Lipinski definition) is 2. The lowest BCUT2D eigenvalue weighted by Crippen LogP contribution is -2.37. The Morgan fingerprint density at radius 3 is 2.36 bits per heavy atom. The summed E-state index contributed by atoms with van der Waals surface area (Å²) in [5.41, 5.74) is 2.47. The van der Waals surface area contributed by atoms with E-state index in [1.165, 1.54) is 25.3 Å². The molecule has 0 unspecified atom stereocenters. The molecule has 0 bridgehead atoms. The van der Waals surface area contributed by atoms with Crippen molar-refractivity contribution in [3.63, 3.8) is 0 Å². The Hall–Kier alpha value is -5.38. The molecule has 3 aromatic carbocycles. The Morgan fingerprint density at radius 1 is 1.00 bits per heavy atom. The van der Waals surface area contributed by atoms with Gasteiger partial charge in [0.1, 0.15) is 12.1 Å². The molecule has 0 radical (unpaired) electrons. The lowest BCUT2D eigenvalue weighted by atomic mass is 10.0. The summed E-state index contributed by atoms with van der Waals surface area (Å²) in [7, 11) is 1.38. The summed E-state index contributed by atoms with van der Waals surface area (Å²) in [5.74, 6) is -2.83. The molecule has 0 aliphatic carbocycles. The molecule has 0 spiro atoms. The van der Waals surface area contributed by atoms with Crippen LogP contribution in [0.2, 0.25) is 0 Å². The van der Waals surface area contributed by atoms with E-state index in [4.69, 9.17) is 19.4 Å². The Balaban J connectivity index is 0.000000515. The molecule has 16 heteroatoms. The highest BCUT2D eigenvalue weighted by Crippen LogP contribution is 2.33. The zero-order valence-corrected chi connectivity index (χ0v) is 23.4. The molecule has 0 atom stereocenters. The van der Waals surface area contributed by atoms with Crippen LogP contribution in [0.25, 0.3) is 27.7 Å². The molecular weight excluding hydrogens is 605 g/mol. The van der Waals surface area contributed by atoms with Gasteiger partial charge in [-0.3, -0.25) is 0 Å². The molecule has 3 heterocycles. The number of aromatic nitrogens is 5. The quantitative estimate of drug-likeness (QED) is 0.237. The van der Waals surface area contributed by atoms with Gasteiger partial charge < -0.3 is 24.8 Å². The van der Waals surface area contributed by atoms with Crippen LogP contribution in [0.15, 0.2) is 67.1 Å². The van der Waals surface area contributed by atoms with Gasteiger partial charge in [-0.2, -0.15) is 18.2 Å². The van der Waals surface area contributed by atoms with E-state index in [2.05, 4.69) is 30.3 Å². The number of nitrogens with zero attached hydrogens (tertiary/aromatic N) is 6. The monoisotopic (exact) mass is 629 g/mol. The summed E-state index contributed by atoms with van der Waals surface area (Å²) in [6.45, 7) is 2.85. The van der Waals surface area contributed by atoms with Gasteiger partial charge in [0.15, 0.2) is 11.6 Å². The maximum Gasteiger partial charge on any atom is 0.490 e. The highest BCUT2D eigenvalue weighted by molar-refractivity contribution is 5.94. The van der Waals surface area contributed by atoms with Gasteiger partial charge >= 0.3 is 12.1 Å². The summed E-state index contributed by atoms with van der Waals surface area (Å²) in [5, 5.41) is 15.5. The molecule has 1 fully saturated rings. The number of fused-ring (bicyclic) bond motifs is 1. The number of carboxylic acids is 1. The molecule has 1 aliphatic heterocycles. The zero-order chi connectivity index (χ0) is 32.1. The van der Waals surface area contributed by atoms with Crippen molar-refractivity contribution >= 4 is 34.5 Å². The number of methoxy groups -OCH3 is 1. The largest absolute Gasteiger partial charge is 0.494 e. The zero-order valence-electron chi connectivity index (χ0n) is 23.4. The molecule has 234 valence electrons. The van der Waals surface area contributed by atoms with Crippen molar-refractivity contribution in [3.8, 4) is 22.6 Å². The van der Waals surface area contributed by atoms with E-state index in [-0.39, 0.29) is 17.3 Å². The molecule has 45 heavy (non-hydrogen) atoms. The van der Waals surface area contributed by atoms with Crippen molar-refractivity contribution in [2.24, 2.45) is 0 Å². The highest BCUT2D eigenvalue weighted by atomic mass is 19.4. The van der Waals surface area contributed by atoms with Gasteiger partial charge in [-0.1, -0.05) is 6.07 Å². The number of carbonyl (C=O) groups is 1. The first kappa shape index (κ1) is 31.1. The summed E-state index contributed by atoms with van der Waals surface area (Å²) in [6, 6.07) is 14.7. The number of aliphatic carboxylic acids is 1. The molecule has 2 N–H and O–H groups in total. The normalized spacial score (nSPS) is 13.2. The van der Waals surface area contributed by atoms with E-state index in [1.54, 1.807) is 29.3 Å². The molecule has 5 aromatic rings. The predicted molar refractivity (Wildman–Crippen MR) is 153 cm³/mol. The Kier molecular flexibility index (Phi) is 9.03. The molecule has 0 saturated carbocycles. The Labute approximate surface area is 251 Å². The van der Waals surface area contributed by atoms with Gasteiger partial charge in [-0.15, -0.1) is 5.10 Å². The van der Waals surface area contributed by atoms with Gasteiger partial charge in [0.25, 0.3) is 0 Å². The van der Waals surface area contributed by atoms with Crippen molar-refractivity contribution in [2.45, 2.75) is 6.18 Å². The first-order chi connectivity index (χ1) is 21.5. The SMILES string of the molecule is COc1ccc(-c2c(F)ccc3cnc(Nc4ccc(-n5cnc(N6CCOCC6)n5)cc4)nc23)cc1F.O=C(O)C(F)(F)F. The molecule has 0 amide bonds. The number of ether oxygens (including phenoxy) is 2. The second-order valence-electron chi connectivity index (χ2n) is 9.47. The van der Waals surface area contributed by atoms with Crippen LogP contribution in [0.4, 0.5) is 39.5 Å². The van der Waals surface area contributed by atoms with Gasteiger partial charge in [0, 0.05) is 35.9 Å². The van der Waals surface area contributed by atoms with E-state index < -0.39 is 23.8 Å². The number of carboxylic acid groups (broad SMARTS) is 1. The minimum Gasteiger partial charge on any atom is -0.494 e. The number of morpholine rings is 1. The third-order valence-electron chi connectivity index (χ3n) is 6.55. The van der Waals surface area contributed by atoms with E-state index in [9.17, 15) is 22.0 Å². The van der Waals surface area contributed by atoms with Gasteiger partial charge in [-0.05, 0) is 54.1 Å². The van der Waals surface area contributed by atoms with Crippen LogP contribution >= 0.6 is 0 Å². The topological polar surface area (TPSA) is 128 Å². The number of hydrogen-bond acceptors (Lipinski definition) is 9. The minimum atomic E-state index is -5.08. The lowest BCUT2D eigenvalue weighted by Gasteiger charge is -2.25. The van der Waals surface area contributed by atoms with Crippen molar-refractivity contribution < 1.29 is 41.3 Å². The smallest absolute Gasteiger partial charge is 0.490 e. The van der Waals surface area contributed by atoms with E-state index in [0.717, 1.165) is 24.5 Å². The van der Waals surface area contributed by atoms with Crippen LogP contribution < -0.4 is 15.0 Å². The third kappa shape index (κ3) is 7.23. The Morgan fingerprint density at radius 2 is 1.71 bits per heavy atom. The molecule has 1 aliphatic rings. The fourth-order valence-corrected chi connectivity index (χ4v) is 4.34. The van der Waals surface area contributed by atoms with Gasteiger partial charge in [-0.25, -0.2) is 28.2 Å². The number of alkyl halides is 3. The van der Waals surface area contributed by atoms with Crippen LogP contribution in [-0.4, -0.2) is 75.4 Å². The van der Waals surface area contributed by atoms with Crippen LogP contribution in [0.1, 0.15) is 0 Å². The number of halogens is 5. The van der Waals surface area contributed by atoms with Crippen molar-refractivity contribution in [1.29, 1.82) is 0 Å². The van der Waals surface area contributed by atoms with Gasteiger partial charge in [0.05, 0.1) is 31.5 Å². The average molecular weight is 630 g/mol. The number of rotatable bonds is 6. The summed E-state index contributed by atoms with van der Waals surface area (Å²) < 4.78 is 73.1. The van der Waals surface area contributed by atoms with Crippen LogP contribution in [-0.2, 0) is 9.53 Å². The van der Waals surface area contributed by atoms with Crippen molar-refractivity contribution in [3.05, 3.63) is 78.8 Å². The van der Waals surface area contributed by atoms with Gasteiger partial charge in [0.2, 0.25) is 11.9 Å². The van der Waals surface area contributed by atoms with Crippen LogP contribution in [0, 0.1) is 11.6 Å². The number of benzene rings is 3. The van der Waals surface area contributed by atoms with Crippen molar-refractivity contribution in [1.82, 2.24) is 24.7 Å². The van der Waals surface area contributed by atoms with Crippen molar-refractivity contribution in [2.75, 3.05) is 43.6 Å². The second kappa shape index (κ2) is 13.1. The molecular formula is C29H24F5N7O4.